The minimum Gasteiger partial charge on any atom is -0.476 e. The van der Waals surface area contributed by atoms with Crippen molar-refractivity contribution in [3.8, 4) is 0 Å². The topological polar surface area (TPSA) is 71.7 Å². The summed E-state index contributed by atoms with van der Waals surface area (Å²) in [7, 11) is 0. The fraction of sp³-hybridized carbons (Fsp3) is 0.100. The van der Waals surface area contributed by atoms with Crippen LogP contribution in [0.5, 0.6) is 0 Å². The van der Waals surface area contributed by atoms with Crippen LogP contribution >= 0.6 is 11.6 Å². The van der Waals surface area contributed by atoms with E-state index in [2.05, 4.69) is 4.98 Å². The summed E-state index contributed by atoms with van der Waals surface area (Å²) in [4.78, 5) is 25.3. The van der Waals surface area contributed by atoms with Gasteiger partial charge in [0.15, 0.2) is 5.69 Å². The van der Waals surface area contributed by atoms with E-state index in [-0.39, 0.29) is 12.1 Å². The number of hydrogen-bond donors (Lipinski definition) is 1. The van der Waals surface area contributed by atoms with Gasteiger partial charge in [-0.2, -0.15) is 0 Å². The third kappa shape index (κ3) is 1.65. The van der Waals surface area contributed by atoms with Crippen molar-refractivity contribution in [2.75, 3.05) is 0 Å². The number of carboxylic acid groups (broad SMARTS) is 1. The molecule has 6 heteroatoms. The molecule has 0 bridgehead atoms. The van der Waals surface area contributed by atoms with Crippen LogP contribution in [0.1, 0.15) is 16.3 Å². The third-order valence-corrected chi connectivity index (χ3v) is 2.37. The van der Waals surface area contributed by atoms with Gasteiger partial charge in [0.2, 0.25) is 0 Å². The van der Waals surface area contributed by atoms with E-state index in [1.165, 1.54) is 10.6 Å². The van der Waals surface area contributed by atoms with Crippen LogP contribution in [-0.2, 0) is 11.2 Å². The minimum absolute atomic E-state index is 0.0504. The molecule has 0 saturated carbocycles. The Morgan fingerprint density at radius 3 is 2.94 bits per heavy atom. The van der Waals surface area contributed by atoms with Gasteiger partial charge in [0, 0.05) is 6.20 Å². The zero-order valence-corrected chi connectivity index (χ0v) is 8.81. The lowest BCUT2D eigenvalue weighted by molar-refractivity contribution is -0.107. The van der Waals surface area contributed by atoms with E-state index in [0.29, 0.717) is 22.6 Å². The quantitative estimate of drug-likeness (QED) is 0.821. The molecule has 0 aliphatic carbocycles. The maximum absolute atomic E-state index is 10.9. The monoisotopic (exact) mass is 238 g/mol. The number of imidazole rings is 1. The first kappa shape index (κ1) is 10.6. The van der Waals surface area contributed by atoms with Gasteiger partial charge in [-0.05, 0) is 12.1 Å². The number of pyridine rings is 1. The van der Waals surface area contributed by atoms with Gasteiger partial charge < -0.3 is 14.3 Å². The molecule has 16 heavy (non-hydrogen) atoms. The number of carboxylic acids is 1. The van der Waals surface area contributed by atoms with Crippen LogP contribution in [0.15, 0.2) is 18.3 Å². The highest BCUT2D eigenvalue weighted by atomic mass is 35.5. The van der Waals surface area contributed by atoms with Gasteiger partial charge >= 0.3 is 5.97 Å². The van der Waals surface area contributed by atoms with Crippen molar-refractivity contribution in [3.05, 3.63) is 34.9 Å². The van der Waals surface area contributed by atoms with E-state index in [4.69, 9.17) is 16.7 Å². The van der Waals surface area contributed by atoms with Crippen molar-refractivity contribution in [2.45, 2.75) is 6.42 Å². The van der Waals surface area contributed by atoms with Crippen LogP contribution in [0.2, 0.25) is 5.02 Å². The number of halogens is 1. The van der Waals surface area contributed by atoms with Gasteiger partial charge in [-0.1, -0.05) is 11.6 Å². The summed E-state index contributed by atoms with van der Waals surface area (Å²) < 4.78 is 1.51. The van der Waals surface area contributed by atoms with E-state index in [9.17, 15) is 9.59 Å². The summed E-state index contributed by atoms with van der Waals surface area (Å²) in [6.45, 7) is 0. The second-order valence-electron chi connectivity index (χ2n) is 3.16. The molecule has 2 aromatic rings. The smallest absolute Gasteiger partial charge is 0.356 e. The Hall–Kier alpha value is -1.88. The molecule has 0 aliphatic heterocycles. The molecule has 0 saturated heterocycles. The van der Waals surface area contributed by atoms with Gasteiger partial charge in [0.05, 0.1) is 17.0 Å². The van der Waals surface area contributed by atoms with Crippen molar-refractivity contribution in [3.63, 3.8) is 0 Å². The Balaban J connectivity index is 2.75. The lowest BCUT2D eigenvalue weighted by Gasteiger charge is -1.97. The van der Waals surface area contributed by atoms with E-state index in [1.807, 2.05) is 0 Å². The standard InChI is InChI=1S/C10H7ClN2O3/c11-6-1-2-7-9(10(15)16)12-8(3-4-14)13(7)5-6/h1-2,4-5H,3H2,(H,15,16). The second kappa shape index (κ2) is 3.94. The highest BCUT2D eigenvalue weighted by Gasteiger charge is 2.16. The van der Waals surface area contributed by atoms with E-state index in [0.717, 1.165) is 0 Å². The number of aldehydes is 1. The van der Waals surface area contributed by atoms with Gasteiger partial charge in [0.1, 0.15) is 12.1 Å². The lowest BCUT2D eigenvalue weighted by atomic mass is 10.3. The first-order valence-electron chi connectivity index (χ1n) is 4.47. The minimum atomic E-state index is -1.13. The molecule has 0 unspecified atom stereocenters. The van der Waals surface area contributed by atoms with Crippen molar-refractivity contribution in [1.29, 1.82) is 0 Å². The van der Waals surface area contributed by atoms with Crippen LogP contribution in [0, 0.1) is 0 Å². The van der Waals surface area contributed by atoms with Crippen LogP contribution in [0.3, 0.4) is 0 Å². The Bertz CT molecular complexity index is 577. The summed E-state index contributed by atoms with van der Waals surface area (Å²) in [6.07, 6.45) is 2.26. The van der Waals surface area contributed by atoms with Crippen molar-refractivity contribution in [2.24, 2.45) is 0 Å². The molecule has 2 heterocycles. The van der Waals surface area contributed by atoms with Crippen molar-refractivity contribution < 1.29 is 14.7 Å². The van der Waals surface area contributed by atoms with Crippen molar-refractivity contribution in [1.82, 2.24) is 9.38 Å². The normalized spacial score (nSPS) is 10.6. The maximum atomic E-state index is 10.9. The fourth-order valence-electron chi connectivity index (χ4n) is 1.50. The van der Waals surface area contributed by atoms with Crippen LogP contribution in [0.4, 0.5) is 0 Å². The second-order valence-corrected chi connectivity index (χ2v) is 3.59. The molecule has 5 nitrogen and oxygen atoms in total. The van der Waals surface area contributed by atoms with Gasteiger partial charge in [-0.15, -0.1) is 0 Å². The number of nitrogens with zero attached hydrogens (tertiary/aromatic N) is 2. The predicted molar refractivity (Wildman–Crippen MR) is 56.9 cm³/mol. The molecule has 2 rings (SSSR count). The van der Waals surface area contributed by atoms with Crippen LogP contribution < -0.4 is 0 Å². The molecule has 0 atom stereocenters. The Morgan fingerprint density at radius 1 is 1.56 bits per heavy atom. The van der Waals surface area contributed by atoms with Crippen LogP contribution in [-0.4, -0.2) is 26.7 Å². The highest BCUT2D eigenvalue weighted by molar-refractivity contribution is 6.30. The Kier molecular flexibility index (Phi) is 2.62. The van der Waals surface area contributed by atoms with Gasteiger partial charge in [-0.3, -0.25) is 0 Å². The molecule has 0 aliphatic rings. The maximum Gasteiger partial charge on any atom is 0.356 e. The van der Waals surface area contributed by atoms with E-state index < -0.39 is 5.97 Å². The number of aromatic carboxylic acids is 1. The molecular formula is C10H7ClN2O3. The number of aromatic nitrogens is 2. The summed E-state index contributed by atoms with van der Waals surface area (Å²) >= 11 is 5.80. The first-order valence-corrected chi connectivity index (χ1v) is 4.84. The van der Waals surface area contributed by atoms with Gasteiger partial charge in [0.25, 0.3) is 0 Å². The fourth-order valence-corrected chi connectivity index (χ4v) is 1.66. The predicted octanol–water partition coefficient (Wildman–Crippen LogP) is 1.43. The molecule has 0 radical (unpaired) electrons. The van der Waals surface area contributed by atoms with Crippen LogP contribution in [0.25, 0.3) is 5.52 Å². The summed E-state index contributed by atoms with van der Waals surface area (Å²) in [6, 6.07) is 3.14. The molecule has 0 spiro atoms. The number of rotatable bonds is 3. The molecule has 0 amide bonds. The Morgan fingerprint density at radius 2 is 2.31 bits per heavy atom. The molecule has 0 aromatic carbocycles. The molecule has 1 N–H and O–H groups in total. The molecular weight excluding hydrogens is 232 g/mol. The average Bonchev–Trinajstić information content (AvgIpc) is 2.58. The largest absolute Gasteiger partial charge is 0.476 e. The first-order chi connectivity index (χ1) is 7.63. The SMILES string of the molecule is O=CCc1nc(C(=O)O)c2ccc(Cl)cn12. The molecule has 2 aromatic heterocycles. The number of fused-ring (bicyclic) bond motifs is 1. The van der Waals surface area contributed by atoms with E-state index in [1.54, 1.807) is 12.1 Å². The zero-order valence-electron chi connectivity index (χ0n) is 8.05. The Labute approximate surface area is 95.3 Å². The third-order valence-electron chi connectivity index (χ3n) is 2.14. The van der Waals surface area contributed by atoms with Crippen molar-refractivity contribution >= 4 is 29.4 Å². The zero-order chi connectivity index (χ0) is 11.7. The average molecular weight is 239 g/mol. The van der Waals surface area contributed by atoms with E-state index >= 15 is 0 Å². The highest BCUT2D eigenvalue weighted by Crippen LogP contribution is 2.17. The lowest BCUT2D eigenvalue weighted by Crippen LogP contribution is -1.97. The number of hydrogen-bond acceptors (Lipinski definition) is 3. The summed E-state index contributed by atoms with van der Waals surface area (Å²) in [5, 5.41) is 9.39. The molecule has 0 fully saturated rings. The summed E-state index contributed by atoms with van der Waals surface area (Å²) in [5.41, 5.74) is 0.349. The molecule has 82 valence electrons. The van der Waals surface area contributed by atoms with Gasteiger partial charge in [-0.25, -0.2) is 9.78 Å². The summed E-state index contributed by atoms with van der Waals surface area (Å²) in [5.74, 6) is -0.762. The number of carbonyl (C=O) groups excluding carboxylic acids is 1. The number of carbonyl (C=O) groups is 2.